The summed E-state index contributed by atoms with van der Waals surface area (Å²) in [5.41, 5.74) is -0.325. The first kappa shape index (κ1) is 11.1. The van der Waals surface area contributed by atoms with Gasteiger partial charge in [0, 0.05) is 11.3 Å². The minimum Gasteiger partial charge on any atom is -0.390 e. The number of hydrogen-bond donors (Lipinski definition) is 1. The van der Waals surface area contributed by atoms with Crippen LogP contribution in [0.1, 0.15) is 32.6 Å². The van der Waals surface area contributed by atoms with Crippen LogP contribution in [0.5, 0.6) is 0 Å². The maximum absolute atomic E-state index is 11.5. The van der Waals surface area contributed by atoms with Crippen molar-refractivity contribution >= 4 is 6.29 Å². The van der Waals surface area contributed by atoms with Crippen molar-refractivity contribution in [1.82, 2.24) is 0 Å². The molecule has 2 rings (SSSR count). The lowest BCUT2D eigenvalue weighted by Crippen LogP contribution is -2.45. The van der Waals surface area contributed by atoms with Crippen LogP contribution in [0.25, 0.3) is 0 Å². The lowest BCUT2D eigenvalue weighted by Gasteiger charge is -2.43. The molecule has 15 heavy (non-hydrogen) atoms. The molecule has 1 saturated carbocycles. The van der Waals surface area contributed by atoms with Crippen molar-refractivity contribution in [2.24, 2.45) is 17.3 Å². The average Bonchev–Trinajstić information content (AvgIpc) is 2.66. The Morgan fingerprint density at radius 1 is 1.40 bits per heavy atom. The van der Waals surface area contributed by atoms with Crippen LogP contribution in [-0.4, -0.2) is 30.7 Å². The Hall–Kier alpha value is -0.410. The Kier molecular flexibility index (Phi) is 3.12. The first-order chi connectivity index (χ1) is 7.20. The Morgan fingerprint density at radius 3 is 2.73 bits per heavy atom. The van der Waals surface area contributed by atoms with Gasteiger partial charge in [0.1, 0.15) is 6.29 Å². The number of carbonyl (C=O) groups excluding carboxylic acids is 1. The molecular weight excluding hydrogens is 192 g/mol. The molecule has 2 aliphatic rings. The summed E-state index contributed by atoms with van der Waals surface area (Å²) in [6.45, 7) is 3.08. The van der Waals surface area contributed by atoms with E-state index in [0.29, 0.717) is 19.1 Å². The molecule has 1 N–H and O–H groups in total. The summed E-state index contributed by atoms with van der Waals surface area (Å²) in [7, 11) is 0. The molecule has 3 nitrogen and oxygen atoms in total. The third-order valence-electron chi connectivity index (χ3n) is 4.37. The largest absolute Gasteiger partial charge is 0.390 e. The predicted molar refractivity (Wildman–Crippen MR) is 56.4 cm³/mol. The summed E-state index contributed by atoms with van der Waals surface area (Å²) in [5, 5.41) is 9.87. The fourth-order valence-electron chi connectivity index (χ4n) is 3.27. The van der Waals surface area contributed by atoms with E-state index in [-0.39, 0.29) is 11.3 Å². The Morgan fingerprint density at radius 2 is 2.20 bits per heavy atom. The molecule has 0 aromatic rings. The second-order valence-electron chi connectivity index (χ2n) is 5.09. The van der Waals surface area contributed by atoms with Gasteiger partial charge in [0.15, 0.2) is 0 Å². The molecule has 4 atom stereocenters. The molecular formula is C12H20O3. The van der Waals surface area contributed by atoms with E-state index in [9.17, 15) is 9.90 Å². The van der Waals surface area contributed by atoms with Crippen LogP contribution in [0.4, 0.5) is 0 Å². The quantitative estimate of drug-likeness (QED) is 0.704. The number of hydrogen-bond acceptors (Lipinski definition) is 3. The topological polar surface area (TPSA) is 46.5 Å². The minimum absolute atomic E-state index is 0.0188. The summed E-state index contributed by atoms with van der Waals surface area (Å²) < 4.78 is 5.29. The zero-order valence-electron chi connectivity index (χ0n) is 9.32. The maximum Gasteiger partial charge on any atom is 0.126 e. The highest BCUT2D eigenvalue weighted by Gasteiger charge is 2.49. The van der Waals surface area contributed by atoms with E-state index in [0.717, 1.165) is 25.5 Å². The van der Waals surface area contributed by atoms with Gasteiger partial charge >= 0.3 is 0 Å². The van der Waals surface area contributed by atoms with E-state index in [1.807, 2.05) is 0 Å². The molecule has 0 aromatic heterocycles. The Labute approximate surface area is 90.8 Å². The molecule has 86 valence electrons. The molecule has 0 aromatic carbocycles. The van der Waals surface area contributed by atoms with Crippen molar-refractivity contribution in [1.29, 1.82) is 0 Å². The van der Waals surface area contributed by atoms with Gasteiger partial charge in [-0.25, -0.2) is 0 Å². The van der Waals surface area contributed by atoms with Crippen molar-refractivity contribution in [2.45, 2.75) is 38.7 Å². The lowest BCUT2D eigenvalue weighted by atomic mass is 9.60. The van der Waals surface area contributed by atoms with Crippen molar-refractivity contribution in [2.75, 3.05) is 13.2 Å². The SMILES string of the molecule is CC1CCCCC1(C=O)C1COCC1O. The number of aliphatic hydroxyl groups excluding tert-OH is 1. The summed E-state index contributed by atoms with van der Waals surface area (Å²) in [6.07, 6.45) is 4.98. The number of aliphatic hydroxyl groups is 1. The zero-order chi connectivity index (χ0) is 10.9. The molecule has 3 heteroatoms. The van der Waals surface area contributed by atoms with Crippen LogP contribution in [0.2, 0.25) is 0 Å². The highest BCUT2D eigenvalue weighted by atomic mass is 16.5. The van der Waals surface area contributed by atoms with Gasteiger partial charge in [-0.2, -0.15) is 0 Å². The summed E-state index contributed by atoms with van der Waals surface area (Å²) in [5.74, 6) is 0.399. The predicted octanol–water partition coefficient (Wildman–Crippen LogP) is 1.39. The van der Waals surface area contributed by atoms with E-state index in [4.69, 9.17) is 4.74 Å². The Balaban J connectivity index is 2.22. The van der Waals surface area contributed by atoms with Crippen LogP contribution in [-0.2, 0) is 9.53 Å². The lowest BCUT2D eigenvalue weighted by molar-refractivity contribution is -0.128. The van der Waals surface area contributed by atoms with Crippen molar-refractivity contribution in [3.63, 3.8) is 0 Å². The van der Waals surface area contributed by atoms with E-state index >= 15 is 0 Å². The van der Waals surface area contributed by atoms with Gasteiger partial charge in [-0.1, -0.05) is 19.8 Å². The fourth-order valence-corrected chi connectivity index (χ4v) is 3.27. The van der Waals surface area contributed by atoms with Gasteiger partial charge in [-0.15, -0.1) is 0 Å². The van der Waals surface area contributed by atoms with Crippen LogP contribution in [0.15, 0.2) is 0 Å². The van der Waals surface area contributed by atoms with Crippen molar-refractivity contribution in [3.05, 3.63) is 0 Å². The first-order valence-electron chi connectivity index (χ1n) is 5.93. The highest BCUT2D eigenvalue weighted by Crippen LogP contribution is 2.47. The monoisotopic (exact) mass is 212 g/mol. The number of ether oxygens (including phenoxy) is 1. The minimum atomic E-state index is -0.448. The van der Waals surface area contributed by atoms with Gasteiger partial charge < -0.3 is 14.6 Å². The number of carbonyl (C=O) groups is 1. The third-order valence-corrected chi connectivity index (χ3v) is 4.37. The van der Waals surface area contributed by atoms with Crippen LogP contribution < -0.4 is 0 Å². The van der Waals surface area contributed by atoms with E-state index in [1.54, 1.807) is 0 Å². The van der Waals surface area contributed by atoms with Crippen molar-refractivity contribution < 1.29 is 14.6 Å². The molecule has 0 bridgehead atoms. The second kappa shape index (κ2) is 4.22. The average molecular weight is 212 g/mol. The van der Waals surface area contributed by atoms with Gasteiger partial charge in [0.25, 0.3) is 0 Å². The molecule has 4 unspecified atom stereocenters. The molecule has 2 fully saturated rings. The van der Waals surface area contributed by atoms with Gasteiger partial charge in [0.2, 0.25) is 0 Å². The molecule has 0 spiro atoms. The summed E-state index contributed by atoms with van der Waals surface area (Å²) >= 11 is 0. The number of rotatable bonds is 2. The van der Waals surface area contributed by atoms with Crippen LogP contribution in [0, 0.1) is 17.3 Å². The number of aldehydes is 1. The molecule has 0 radical (unpaired) electrons. The molecule has 1 saturated heterocycles. The third kappa shape index (κ3) is 1.72. The van der Waals surface area contributed by atoms with E-state index < -0.39 is 6.10 Å². The highest BCUT2D eigenvalue weighted by molar-refractivity contribution is 5.61. The fraction of sp³-hybridized carbons (Fsp3) is 0.917. The smallest absolute Gasteiger partial charge is 0.126 e. The van der Waals surface area contributed by atoms with Gasteiger partial charge in [-0.05, 0) is 18.8 Å². The summed E-state index contributed by atoms with van der Waals surface area (Å²) in [6, 6.07) is 0. The van der Waals surface area contributed by atoms with Crippen LogP contribution in [0.3, 0.4) is 0 Å². The zero-order valence-corrected chi connectivity index (χ0v) is 9.32. The van der Waals surface area contributed by atoms with E-state index in [2.05, 4.69) is 6.92 Å². The maximum atomic E-state index is 11.5. The summed E-state index contributed by atoms with van der Waals surface area (Å²) in [4.78, 5) is 11.5. The molecule has 1 aliphatic carbocycles. The van der Waals surface area contributed by atoms with E-state index in [1.165, 1.54) is 6.42 Å². The normalized spacial score (nSPS) is 46.7. The molecule has 1 aliphatic heterocycles. The Bertz CT molecular complexity index is 241. The second-order valence-corrected chi connectivity index (χ2v) is 5.09. The van der Waals surface area contributed by atoms with Crippen molar-refractivity contribution in [3.8, 4) is 0 Å². The van der Waals surface area contributed by atoms with Gasteiger partial charge in [0.05, 0.1) is 19.3 Å². The van der Waals surface area contributed by atoms with Crippen LogP contribution >= 0.6 is 0 Å². The van der Waals surface area contributed by atoms with Gasteiger partial charge in [-0.3, -0.25) is 0 Å². The first-order valence-corrected chi connectivity index (χ1v) is 5.93. The molecule has 1 heterocycles. The molecule has 0 amide bonds. The standard InChI is InChI=1S/C12H20O3/c1-9-4-2-3-5-12(9,8-13)10-6-15-7-11(10)14/h8-11,14H,2-7H2,1H3.